The molecule has 3 aliphatic carbocycles. The highest BCUT2D eigenvalue weighted by atomic mass is 15.1. The lowest BCUT2D eigenvalue weighted by atomic mass is 9.64. The Labute approximate surface area is 355 Å². The van der Waals surface area contributed by atoms with E-state index in [4.69, 9.17) is 0 Å². The number of rotatable bonds is 9. The summed E-state index contributed by atoms with van der Waals surface area (Å²) in [5.41, 5.74) is 17.7. The largest absolute Gasteiger partial charge is 0.311 e. The molecule has 2 heteroatoms. The molecule has 3 unspecified atom stereocenters. The Kier molecular flexibility index (Phi) is 8.85. The minimum Gasteiger partial charge on any atom is -0.311 e. The van der Waals surface area contributed by atoms with Crippen molar-refractivity contribution in [2.75, 3.05) is 9.80 Å². The summed E-state index contributed by atoms with van der Waals surface area (Å²) in [5.74, 6) is 1.42. The zero-order chi connectivity index (χ0) is 40.3. The quantitative estimate of drug-likeness (QED) is 0.144. The van der Waals surface area contributed by atoms with E-state index in [9.17, 15) is 0 Å². The molecule has 3 atom stereocenters. The molecule has 0 spiro atoms. The third kappa shape index (κ3) is 6.00. The second-order valence-corrected chi connectivity index (χ2v) is 17.8. The predicted molar refractivity (Wildman–Crippen MR) is 251 cm³/mol. The molecule has 0 heterocycles. The monoisotopic (exact) mass is 774 g/mol. The van der Waals surface area contributed by atoms with E-state index in [0.29, 0.717) is 5.92 Å². The van der Waals surface area contributed by atoms with Gasteiger partial charge in [0.05, 0.1) is 0 Å². The fourth-order valence-corrected chi connectivity index (χ4v) is 11.3. The van der Waals surface area contributed by atoms with E-state index in [0.717, 1.165) is 23.0 Å². The summed E-state index contributed by atoms with van der Waals surface area (Å²) < 4.78 is 0. The summed E-state index contributed by atoms with van der Waals surface area (Å²) in [6.07, 6.45) is 5.17. The first-order valence-corrected chi connectivity index (χ1v) is 21.8. The van der Waals surface area contributed by atoms with Gasteiger partial charge >= 0.3 is 0 Å². The molecule has 8 aromatic carbocycles. The number of fused-ring (bicyclic) bond motifs is 5. The van der Waals surface area contributed by atoms with E-state index >= 15 is 0 Å². The lowest BCUT2D eigenvalue weighted by Crippen LogP contribution is -2.34. The van der Waals surface area contributed by atoms with Crippen LogP contribution in [0.2, 0.25) is 0 Å². The van der Waals surface area contributed by atoms with Crippen LogP contribution in [0.3, 0.4) is 0 Å². The van der Waals surface area contributed by atoms with E-state index in [1.165, 1.54) is 87.3 Å². The van der Waals surface area contributed by atoms with Crippen molar-refractivity contribution in [1.29, 1.82) is 0 Å². The van der Waals surface area contributed by atoms with Crippen LogP contribution in [0.1, 0.15) is 61.8 Å². The SMILES string of the molecule is CC1(C)c2ccccc2-c2ccc(N(c3ccc(-c4ccccc4)cc3)c3ccc(C4(c5ccc(N(c6ccccc6)c6ccccc6)cc5)CC5CCC4C5)cc3)cc21. The summed E-state index contributed by atoms with van der Waals surface area (Å²) in [4.78, 5) is 4.83. The first-order chi connectivity index (χ1) is 29.5. The Hall–Kier alpha value is -6.64. The van der Waals surface area contributed by atoms with Crippen LogP contribution >= 0.6 is 0 Å². The summed E-state index contributed by atoms with van der Waals surface area (Å²) in [7, 11) is 0. The molecule has 0 saturated heterocycles. The van der Waals surface area contributed by atoms with E-state index < -0.39 is 0 Å². The number of anilines is 6. The number of para-hydroxylation sites is 2. The Bertz CT molecular complexity index is 2730. The normalized spacial score (nSPS) is 19.4. The van der Waals surface area contributed by atoms with Crippen LogP contribution in [0.25, 0.3) is 22.3 Å². The summed E-state index contributed by atoms with van der Waals surface area (Å²) >= 11 is 0. The van der Waals surface area contributed by atoms with Gasteiger partial charge in [-0.1, -0.05) is 154 Å². The maximum Gasteiger partial charge on any atom is 0.0465 e. The molecule has 8 aromatic rings. The van der Waals surface area contributed by atoms with Crippen molar-refractivity contribution in [1.82, 2.24) is 0 Å². The average Bonchev–Trinajstić information content (AvgIpc) is 4.00. The van der Waals surface area contributed by atoms with Crippen LogP contribution in [0.4, 0.5) is 34.1 Å². The number of nitrogens with zero attached hydrogens (tertiary/aromatic N) is 2. The minimum atomic E-state index is -0.0857. The summed E-state index contributed by atoms with van der Waals surface area (Å²) in [5, 5.41) is 0. The van der Waals surface area contributed by atoms with Gasteiger partial charge in [-0.3, -0.25) is 0 Å². The van der Waals surface area contributed by atoms with Crippen molar-refractivity contribution in [3.63, 3.8) is 0 Å². The van der Waals surface area contributed by atoms with E-state index in [2.05, 4.69) is 230 Å². The van der Waals surface area contributed by atoms with Crippen LogP contribution in [0.15, 0.2) is 206 Å². The van der Waals surface area contributed by atoms with Crippen LogP contribution < -0.4 is 9.80 Å². The molecule has 0 N–H and O–H groups in total. The van der Waals surface area contributed by atoms with Crippen molar-refractivity contribution >= 4 is 34.1 Å². The molecule has 292 valence electrons. The van der Waals surface area contributed by atoms with Gasteiger partial charge in [0.1, 0.15) is 0 Å². The molecular formula is C58H50N2. The van der Waals surface area contributed by atoms with Gasteiger partial charge in [-0.25, -0.2) is 0 Å². The maximum atomic E-state index is 2.46. The maximum absolute atomic E-state index is 2.46. The highest BCUT2D eigenvalue weighted by Crippen LogP contribution is 2.60. The van der Waals surface area contributed by atoms with E-state index in [1.807, 2.05) is 0 Å². The van der Waals surface area contributed by atoms with Gasteiger partial charge < -0.3 is 9.80 Å². The van der Waals surface area contributed by atoms with Gasteiger partial charge in [0.2, 0.25) is 0 Å². The van der Waals surface area contributed by atoms with Gasteiger partial charge in [-0.15, -0.1) is 0 Å². The van der Waals surface area contributed by atoms with Gasteiger partial charge in [0, 0.05) is 45.0 Å². The molecule has 0 radical (unpaired) electrons. The van der Waals surface area contributed by atoms with Crippen LogP contribution in [0, 0.1) is 11.8 Å². The lowest BCUT2D eigenvalue weighted by molar-refractivity contribution is 0.320. The molecule has 2 bridgehead atoms. The topological polar surface area (TPSA) is 6.48 Å². The Morgan fingerprint density at radius 3 is 1.40 bits per heavy atom. The zero-order valence-electron chi connectivity index (χ0n) is 34.5. The molecule has 11 rings (SSSR count). The zero-order valence-corrected chi connectivity index (χ0v) is 34.5. The molecule has 2 fully saturated rings. The van der Waals surface area contributed by atoms with Crippen molar-refractivity contribution in [2.24, 2.45) is 11.8 Å². The highest BCUT2D eigenvalue weighted by Gasteiger charge is 2.52. The summed E-state index contributed by atoms with van der Waals surface area (Å²) in [6, 6.07) is 76.6. The number of hydrogen-bond donors (Lipinski definition) is 0. The van der Waals surface area contributed by atoms with Gasteiger partial charge in [-0.2, -0.15) is 0 Å². The van der Waals surface area contributed by atoms with Gasteiger partial charge in [-0.05, 0) is 148 Å². The van der Waals surface area contributed by atoms with Crippen LogP contribution in [0.5, 0.6) is 0 Å². The fourth-order valence-electron chi connectivity index (χ4n) is 11.3. The number of hydrogen-bond acceptors (Lipinski definition) is 2. The van der Waals surface area contributed by atoms with Crippen molar-refractivity contribution in [3.05, 3.63) is 229 Å². The highest BCUT2D eigenvalue weighted by molar-refractivity contribution is 5.86. The van der Waals surface area contributed by atoms with Gasteiger partial charge in [0.15, 0.2) is 0 Å². The Morgan fingerprint density at radius 1 is 0.400 bits per heavy atom. The second-order valence-electron chi connectivity index (χ2n) is 17.8. The van der Waals surface area contributed by atoms with Crippen molar-refractivity contribution < 1.29 is 0 Å². The predicted octanol–water partition coefficient (Wildman–Crippen LogP) is 15.7. The minimum absolute atomic E-state index is 0.00413. The number of benzene rings is 8. The third-order valence-electron chi connectivity index (χ3n) is 14.2. The molecule has 2 nitrogen and oxygen atoms in total. The van der Waals surface area contributed by atoms with Crippen molar-refractivity contribution in [3.8, 4) is 22.3 Å². The Balaban J connectivity index is 0.987. The van der Waals surface area contributed by atoms with E-state index in [1.54, 1.807) is 0 Å². The molecular weight excluding hydrogens is 725 g/mol. The standard InChI is InChI=1S/C58H50N2/c1-57(2)55-21-13-12-20-53(55)54-37-36-52(39-56(54)57)60(49-30-23-43(24-31-49)42-14-6-3-7-15-42)51-34-28-45(29-35-51)58(40-41-22-25-46(58)38-41)44-26-32-50(33-27-44)59(47-16-8-4-9-17-47)48-18-10-5-11-19-48/h3-21,23-24,26-37,39,41,46H,22,25,38,40H2,1-2H3. The first kappa shape index (κ1) is 36.4. The van der Waals surface area contributed by atoms with Crippen LogP contribution in [-0.4, -0.2) is 0 Å². The molecule has 0 aromatic heterocycles. The molecule has 3 aliphatic rings. The van der Waals surface area contributed by atoms with Crippen molar-refractivity contribution in [2.45, 2.75) is 50.4 Å². The third-order valence-corrected chi connectivity index (χ3v) is 14.2. The fraction of sp³-hybridized carbons (Fsp3) is 0.172. The average molecular weight is 775 g/mol. The Morgan fingerprint density at radius 2 is 0.850 bits per heavy atom. The van der Waals surface area contributed by atoms with Crippen LogP contribution in [-0.2, 0) is 10.8 Å². The first-order valence-electron chi connectivity index (χ1n) is 21.8. The van der Waals surface area contributed by atoms with Gasteiger partial charge in [0.25, 0.3) is 0 Å². The summed E-state index contributed by atoms with van der Waals surface area (Å²) in [6.45, 7) is 4.74. The molecule has 0 amide bonds. The lowest BCUT2D eigenvalue weighted by Gasteiger charge is -2.40. The second kappa shape index (κ2) is 14.6. The molecule has 0 aliphatic heterocycles. The van der Waals surface area contributed by atoms with E-state index in [-0.39, 0.29) is 10.8 Å². The molecule has 2 saturated carbocycles. The molecule has 60 heavy (non-hydrogen) atoms. The smallest absolute Gasteiger partial charge is 0.0465 e.